The number of likely N-dealkylation sites (N-methyl/N-ethyl adjacent to an activating group) is 1. The fourth-order valence-corrected chi connectivity index (χ4v) is 4.07. The maximum absolute atomic E-state index is 6.28. The molecule has 0 bridgehead atoms. The lowest BCUT2D eigenvalue weighted by molar-refractivity contribution is 0.0938. The highest BCUT2D eigenvalue weighted by Gasteiger charge is 2.26. The zero-order valence-electron chi connectivity index (χ0n) is 15.6. The van der Waals surface area contributed by atoms with Gasteiger partial charge in [0.1, 0.15) is 0 Å². The van der Waals surface area contributed by atoms with Gasteiger partial charge in [0.15, 0.2) is 0 Å². The maximum Gasteiger partial charge on any atom is 0.0908 e. The van der Waals surface area contributed by atoms with E-state index in [1.54, 1.807) is 0 Å². The normalized spacial score (nSPS) is 18.7. The molecule has 2 aromatic carbocycles. The van der Waals surface area contributed by atoms with E-state index in [1.807, 2.05) is 24.4 Å². The number of aromatic nitrogens is 1. The number of hydrogen-bond donors (Lipinski definition) is 1. The minimum atomic E-state index is 0.440. The SMILES string of the molecule is CN1CCN(CCNc2ccnc3c(Cl)cccc23)C(c2ccccc2)C1. The molecule has 1 fully saturated rings. The molecular weight excluding hydrogens is 356 g/mol. The van der Waals surface area contributed by atoms with Gasteiger partial charge in [0.05, 0.1) is 10.5 Å². The summed E-state index contributed by atoms with van der Waals surface area (Å²) in [5.41, 5.74) is 3.34. The zero-order valence-corrected chi connectivity index (χ0v) is 16.4. The Labute approximate surface area is 165 Å². The Bertz CT molecular complexity index is 899. The fraction of sp³-hybridized carbons (Fsp3) is 0.318. The number of piperazine rings is 1. The minimum absolute atomic E-state index is 0.440. The lowest BCUT2D eigenvalue weighted by Gasteiger charge is -2.40. The van der Waals surface area contributed by atoms with E-state index in [0.29, 0.717) is 11.1 Å². The average Bonchev–Trinajstić information content (AvgIpc) is 2.70. The van der Waals surface area contributed by atoms with Crippen molar-refractivity contribution in [2.75, 3.05) is 45.1 Å². The highest BCUT2D eigenvalue weighted by molar-refractivity contribution is 6.35. The van der Waals surface area contributed by atoms with Gasteiger partial charge in [0.2, 0.25) is 0 Å². The first-order valence-electron chi connectivity index (χ1n) is 9.47. The molecule has 0 amide bonds. The molecule has 1 N–H and O–H groups in total. The van der Waals surface area contributed by atoms with Crippen LogP contribution in [0.1, 0.15) is 11.6 Å². The molecule has 1 unspecified atom stereocenters. The molecule has 0 saturated carbocycles. The van der Waals surface area contributed by atoms with E-state index in [2.05, 4.69) is 63.5 Å². The predicted octanol–water partition coefficient (Wildman–Crippen LogP) is 4.29. The molecule has 1 aliphatic rings. The summed E-state index contributed by atoms with van der Waals surface area (Å²) in [6.07, 6.45) is 1.82. The summed E-state index contributed by atoms with van der Waals surface area (Å²) in [5.74, 6) is 0. The highest BCUT2D eigenvalue weighted by Crippen LogP contribution is 2.27. The van der Waals surface area contributed by atoms with Gasteiger partial charge in [-0.2, -0.15) is 0 Å². The number of pyridine rings is 1. The van der Waals surface area contributed by atoms with Crippen molar-refractivity contribution in [3.8, 4) is 0 Å². The molecule has 3 aromatic rings. The van der Waals surface area contributed by atoms with Crippen molar-refractivity contribution in [1.82, 2.24) is 14.8 Å². The van der Waals surface area contributed by atoms with Crippen molar-refractivity contribution >= 4 is 28.2 Å². The number of rotatable bonds is 5. The molecule has 4 rings (SSSR count). The lowest BCUT2D eigenvalue weighted by Crippen LogP contribution is -2.48. The number of nitrogens with one attached hydrogen (secondary N) is 1. The third kappa shape index (κ3) is 4.08. The average molecular weight is 381 g/mol. The third-order valence-electron chi connectivity index (χ3n) is 5.31. The van der Waals surface area contributed by atoms with E-state index in [9.17, 15) is 0 Å². The third-order valence-corrected chi connectivity index (χ3v) is 5.62. The Kier molecular flexibility index (Phi) is 5.58. The standard InChI is InChI=1S/C22H25ClN4/c1-26-14-15-27(21(16-26)17-6-3-2-4-7-17)13-12-24-20-10-11-25-22-18(20)8-5-9-19(22)23/h2-11,21H,12-16H2,1H3,(H,24,25). The van der Waals surface area contributed by atoms with Crippen molar-refractivity contribution in [2.24, 2.45) is 0 Å². The zero-order chi connectivity index (χ0) is 18.6. The summed E-state index contributed by atoms with van der Waals surface area (Å²) < 4.78 is 0. The minimum Gasteiger partial charge on any atom is -0.383 e. The fourth-order valence-electron chi connectivity index (χ4n) is 3.84. The van der Waals surface area contributed by atoms with E-state index >= 15 is 0 Å². The molecule has 0 aliphatic carbocycles. The van der Waals surface area contributed by atoms with Gasteiger partial charge < -0.3 is 10.2 Å². The molecule has 2 heterocycles. The van der Waals surface area contributed by atoms with Gasteiger partial charge in [-0.25, -0.2) is 0 Å². The molecule has 1 atom stereocenters. The molecule has 27 heavy (non-hydrogen) atoms. The van der Waals surface area contributed by atoms with E-state index < -0.39 is 0 Å². The summed E-state index contributed by atoms with van der Waals surface area (Å²) in [6, 6.07) is 19.2. The Balaban J connectivity index is 1.46. The van der Waals surface area contributed by atoms with Crippen LogP contribution in [-0.2, 0) is 0 Å². The molecule has 1 saturated heterocycles. The second-order valence-electron chi connectivity index (χ2n) is 7.15. The number of halogens is 1. The van der Waals surface area contributed by atoms with Crippen molar-refractivity contribution in [3.05, 3.63) is 71.4 Å². The van der Waals surface area contributed by atoms with Crippen molar-refractivity contribution in [1.29, 1.82) is 0 Å². The first kappa shape index (κ1) is 18.2. The summed E-state index contributed by atoms with van der Waals surface area (Å²) in [4.78, 5) is 9.41. The smallest absolute Gasteiger partial charge is 0.0908 e. The van der Waals surface area contributed by atoms with Gasteiger partial charge in [0.25, 0.3) is 0 Å². The number of nitrogens with zero attached hydrogens (tertiary/aromatic N) is 3. The Morgan fingerprint density at radius 3 is 2.78 bits per heavy atom. The van der Waals surface area contributed by atoms with Crippen LogP contribution in [0.25, 0.3) is 10.9 Å². The van der Waals surface area contributed by atoms with Crippen LogP contribution < -0.4 is 5.32 Å². The molecule has 140 valence electrons. The van der Waals surface area contributed by atoms with E-state index in [4.69, 9.17) is 11.6 Å². The number of para-hydroxylation sites is 1. The Morgan fingerprint density at radius 1 is 1.07 bits per heavy atom. The van der Waals surface area contributed by atoms with Crippen LogP contribution in [0, 0.1) is 0 Å². The molecule has 4 nitrogen and oxygen atoms in total. The van der Waals surface area contributed by atoms with Crippen LogP contribution in [0.4, 0.5) is 5.69 Å². The Morgan fingerprint density at radius 2 is 1.93 bits per heavy atom. The van der Waals surface area contributed by atoms with Crippen LogP contribution in [0.15, 0.2) is 60.8 Å². The predicted molar refractivity (Wildman–Crippen MR) is 113 cm³/mol. The number of benzene rings is 2. The number of anilines is 1. The lowest BCUT2D eigenvalue weighted by atomic mass is 10.0. The van der Waals surface area contributed by atoms with Gasteiger partial charge in [-0.15, -0.1) is 0 Å². The van der Waals surface area contributed by atoms with Crippen molar-refractivity contribution < 1.29 is 0 Å². The number of fused-ring (bicyclic) bond motifs is 1. The van der Waals surface area contributed by atoms with Gasteiger partial charge in [-0.05, 0) is 24.7 Å². The molecule has 0 spiro atoms. The van der Waals surface area contributed by atoms with Crippen LogP contribution in [0.3, 0.4) is 0 Å². The molecule has 1 aliphatic heterocycles. The van der Waals surface area contributed by atoms with Crippen molar-refractivity contribution in [3.63, 3.8) is 0 Å². The van der Waals surface area contributed by atoms with Crippen LogP contribution in [0.2, 0.25) is 5.02 Å². The van der Waals surface area contributed by atoms with Gasteiger partial charge >= 0.3 is 0 Å². The molecule has 1 aromatic heterocycles. The summed E-state index contributed by atoms with van der Waals surface area (Å²) in [7, 11) is 2.21. The first-order valence-corrected chi connectivity index (χ1v) is 9.85. The van der Waals surface area contributed by atoms with Gasteiger partial charge in [-0.1, -0.05) is 54.1 Å². The molecular formula is C22H25ClN4. The van der Waals surface area contributed by atoms with E-state index in [0.717, 1.165) is 49.3 Å². The molecule has 0 radical (unpaired) electrons. The van der Waals surface area contributed by atoms with Crippen LogP contribution in [-0.4, -0.2) is 54.6 Å². The highest BCUT2D eigenvalue weighted by atomic mass is 35.5. The first-order chi connectivity index (χ1) is 13.2. The van der Waals surface area contributed by atoms with Gasteiger partial charge in [0, 0.05) is 56.0 Å². The summed E-state index contributed by atoms with van der Waals surface area (Å²) in [6.45, 7) is 5.14. The maximum atomic E-state index is 6.28. The Hall–Kier alpha value is -2.14. The second kappa shape index (κ2) is 8.26. The molecule has 5 heteroatoms. The summed E-state index contributed by atoms with van der Waals surface area (Å²) >= 11 is 6.28. The summed E-state index contributed by atoms with van der Waals surface area (Å²) in [5, 5.41) is 5.36. The van der Waals surface area contributed by atoms with Crippen LogP contribution in [0.5, 0.6) is 0 Å². The van der Waals surface area contributed by atoms with Crippen LogP contribution >= 0.6 is 11.6 Å². The quantitative estimate of drug-likeness (QED) is 0.715. The largest absolute Gasteiger partial charge is 0.383 e. The topological polar surface area (TPSA) is 31.4 Å². The van der Waals surface area contributed by atoms with E-state index in [1.165, 1.54) is 5.56 Å². The van der Waals surface area contributed by atoms with Crippen molar-refractivity contribution in [2.45, 2.75) is 6.04 Å². The van der Waals surface area contributed by atoms with Gasteiger partial charge in [-0.3, -0.25) is 9.88 Å². The second-order valence-corrected chi connectivity index (χ2v) is 7.55. The number of hydrogen-bond acceptors (Lipinski definition) is 4. The monoisotopic (exact) mass is 380 g/mol. The van der Waals surface area contributed by atoms with E-state index in [-0.39, 0.29) is 0 Å².